The number of nitrogens with one attached hydrogen (secondary N) is 1. The van der Waals surface area contributed by atoms with Gasteiger partial charge in [0.05, 0.1) is 30.9 Å². The van der Waals surface area contributed by atoms with Crippen LogP contribution in [0.5, 0.6) is 11.5 Å². The van der Waals surface area contributed by atoms with Crippen LogP contribution in [0.25, 0.3) is 16.7 Å². The first-order valence-corrected chi connectivity index (χ1v) is 11.6. The van der Waals surface area contributed by atoms with E-state index in [0.717, 1.165) is 16.6 Å². The van der Waals surface area contributed by atoms with Crippen LogP contribution in [-0.2, 0) is 9.59 Å². The smallest absolute Gasteiger partial charge is 0.300 e. The highest BCUT2D eigenvalue weighted by Crippen LogP contribution is 2.46. The normalized spacial score (nSPS) is 17.1. The van der Waals surface area contributed by atoms with Crippen LogP contribution in [0.1, 0.15) is 22.9 Å². The number of aliphatic hydroxyl groups excluding tert-OH is 1. The minimum atomic E-state index is -0.906. The minimum Gasteiger partial charge on any atom is -0.507 e. The first-order valence-electron chi connectivity index (χ1n) is 11.2. The molecule has 1 saturated heterocycles. The molecule has 0 aliphatic carbocycles. The third-order valence-electron chi connectivity index (χ3n) is 6.44. The molecule has 1 aliphatic rings. The summed E-state index contributed by atoms with van der Waals surface area (Å²) in [4.78, 5) is 31.8. The van der Waals surface area contributed by atoms with Gasteiger partial charge in [-0.25, -0.2) is 0 Å². The van der Waals surface area contributed by atoms with Gasteiger partial charge in [0.2, 0.25) is 0 Å². The molecule has 1 aromatic heterocycles. The Bertz CT molecular complexity index is 1540. The molecule has 1 aliphatic heterocycles. The van der Waals surface area contributed by atoms with Gasteiger partial charge in [-0.15, -0.1) is 0 Å². The summed E-state index contributed by atoms with van der Waals surface area (Å²) >= 11 is 6.42. The van der Waals surface area contributed by atoms with E-state index in [4.69, 9.17) is 21.1 Å². The number of aryl methyl sites for hydroxylation is 1. The van der Waals surface area contributed by atoms with Gasteiger partial charge in [-0.3, -0.25) is 14.5 Å². The second kappa shape index (κ2) is 9.09. The van der Waals surface area contributed by atoms with Gasteiger partial charge in [-0.2, -0.15) is 0 Å². The lowest BCUT2D eigenvalue weighted by Crippen LogP contribution is -2.29. The topological polar surface area (TPSA) is 91.9 Å². The number of nitrogens with zero attached hydrogens (tertiary/aromatic N) is 1. The molecule has 1 atom stereocenters. The number of hydrogen-bond acceptors (Lipinski definition) is 5. The molecule has 1 fully saturated rings. The Morgan fingerprint density at radius 1 is 0.972 bits per heavy atom. The van der Waals surface area contributed by atoms with E-state index in [9.17, 15) is 14.7 Å². The number of H-pyrrole nitrogens is 1. The summed E-state index contributed by atoms with van der Waals surface area (Å²) in [5, 5.41) is 12.6. The third kappa shape index (κ3) is 3.69. The average Bonchev–Trinajstić information content (AvgIpc) is 3.36. The van der Waals surface area contributed by atoms with Crippen molar-refractivity contribution in [3.63, 3.8) is 0 Å². The number of aromatic amines is 1. The van der Waals surface area contributed by atoms with Crippen LogP contribution >= 0.6 is 11.6 Å². The number of ketones is 1. The van der Waals surface area contributed by atoms with Crippen molar-refractivity contribution in [2.75, 3.05) is 19.1 Å². The fourth-order valence-electron chi connectivity index (χ4n) is 4.72. The fourth-order valence-corrected chi connectivity index (χ4v) is 4.93. The van der Waals surface area contributed by atoms with Crippen LogP contribution in [0.4, 0.5) is 5.69 Å². The van der Waals surface area contributed by atoms with Crippen molar-refractivity contribution in [2.45, 2.75) is 13.0 Å². The van der Waals surface area contributed by atoms with Crippen molar-refractivity contribution >= 4 is 45.6 Å². The molecule has 0 spiro atoms. The maximum absolute atomic E-state index is 13.5. The van der Waals surface area contributed by atoms with E-state index in [1.807, 2.05) is 31.2 Å². The zero-order valence-electron chi connectivity index (χ0n) is 19.8. The Morgan fingerprint density at radius 2 is 1.64 bits per heavy atom. The molecule has 2 N–H and O–H groups in total. The van der Waals surface area contributed by atoms with Crippen molar-refractivity contribution in [2.24, 2.45) is 0 Å². The van der Waals surface area contributed by atoms with Gasteiger partial charge in [0.15, 0.2) is 0 Å². The van der Waals surface area contributed by atoms with Gasteiger partial charge < -0.3 is 19.6 Å². The summed E-state index contributed by atoms with van der Waals surface area (Å²) in [7, 11) is 3.04. The molecule has 8 heteroatoms. The van der Waals surface area contributed by atoms with Gasteiger partial charge in [0, 0.05) is 33.4 Å². The number of carbonyl (C=O) groups is 2. The average molecular weight is 503 g/mol. The number of methoxy groups -OCH3 is 2. The van der Waals surface area contributed by atoms with E-state index in [1.54, 1.807) is 43.5 Å². The Balaban J connectivity index is 1.81. The number of ether oxygens (including phenoxy) is 2. The summed E-state index contributed by atoms with van der Waals surface area (Å²) in [5.41, 5.74) is 2.96. The predicted octanol–water partition coefficient (Wildman–Crippen LogP) is 5.77. The number of halogens is 1. The van der Waals surface area contributed by atoms with Gasteiger partial charge in [-0.05, 0) is 55.5 Å². The number of Topliss-reactive ketones (excluding diaryl/α,β-unsaturated/α-hetero) is 1. The number of hydrogen-bond donors (Lipinski definition) is 2. The molecule has 0 saturated carbocycles. The molecule has 182 valence electrons. The largest absolute Gasteiger partial charge is 0.507 e. The lowest BCUT2D eigenvalue weighted by atomic mass is 9.93. The van der Waals surface area contributed by atoms with Crippen LogP contribution in [0.2, 0.25) is 5.02 Å². The van der Waals surface area contributed by atoms with Crippen molar-refractivity contribution in [1.82, 2.24) is 4.98 Å². The maximum atomic E-state index is 13.5. The van der Waals surface area contributed by atoms with Gasteiger partial charge in [-0.1, -0.05) is 29.8 Å². The summed E-state index contributed by atoms with van der Waals surface area (Å²) < 4.78 is 10.5. The van der Waals surface area contributed by atoms with Crippen molar-refractivity contribution < 1.29 is 24.2 Å². The molecule has 2 heterocycles. The van der Waals surface area contributed by atoms with E-state index >= 15 is 0 Å². The summed E-state index contributed by atoms with van der Waals surface area (Å²) in [6, 6.07) is 18.3. The number of para-hydroxylation sites is 1. The highest BCUT2D eigenvalue weighted by atomic mass is 35.5. The SMILES string of the molecule is COc1ccc(N2C(=O)C(=O)/C(=C(/O)c3cc(OC)ccc3Cl)C2c2c(C)[nH]c3ccccc23)cc1. The first kappa shape index (κ1) is 23.5. The summed E-state index contributed by atoms with van der Waals surface area (Å²) in [6.07, 6.45) is 0. The lowest BCUT2D eigenvalue weighted by molar-refractivity contribution is -0.132. The number of benzene rings is 3. The molecular weight excluding hydrogens is 480 g/mol. The molecule has 0 radical (unpaired) electrons. The third-order valence-corrected chi connectivity index (χ3v) is 6.77. The zero-order chi connectivity index (χ0) is 25.6. The van der Waals surface area contributed by atoms with E-state index in [2.05, 4.69) is 4.98 Å². The Kier molecular flexibility index (Phi) is 5.94. The fraction of sp³-hybridized carbons (Fsp3) is 0.143. The number of amides is 1. The number of aromatic nitrogens is 1. The van der Waals surface area contributed by atoms with E-state index in [1.165, 1.54) is 18.1 Å². The Hall–Kier alpha value is -4.23. The summed E-state index contributed by atoms with van der Waals surface area (Å²) in [6.45, 7) is 1.88. The van der Waals surface area contributed by atoms with Crippen LogP contribution in [-0.4, -0.2) is 36.0 Å². The number of carbonyl (C=O) groups excluding carboxylic acids is 2. The predicted molar refractivity (Wildman–Crippen MR) is 139 cm³/mol. The van der Waals surface area contributed by atoms with Crippen molar-refractivity contribution in [3.8, 4) is 11.5 Å². The number of fused-ring (bicyclic) bond motifs is 1. The molecule has 36 heavy (non-hydrogen) atoms. The van der Waals surface area contributed by atoms with Crippen molar-refractivity contribution in [1.29, 1.82) is 0 Å². The quantitative estimate of drug-likeness (QED) is 0.205. The van der Waals surface area contributed by atoms with E-state index in [-0.39, 0.29) is 21.9 Å². The van der Waals surface area contributed by atoms with Gasteiger partial charge in [0.25, 0.3) is 11.7 Å². The zero-order valence-corrected chi connectivity index (χ0v) is 20.6. The van der Waals surface area contributed by atoms with Crippen LogP contribution in [0.15, 0.2) is 72.3 Å². The molecule has 1 amide bonds. The molecule has 3 aromatic carbocycles. The first-order chi connectivity index (χ1) is 17.3. The standard InChI is InChI=1S/C28H23ClN2O5/c1-15-23(19-6-4-5-7-22(19)30-15)25-24(26(32)20-14-18(36-3)12-13-21(20)29)27(33)28(34)31(25)16-8-10-17(35-2)11-9-16/h4-14,25,30,32H,1-3H3/b26-24+. The lowest BCUT2D eigenvalue weighted by Gasteiger charge is -2.26. The molecule has 1 unspecified atom stereocenters. The minimum absolute atomic E-state index is 0.0566. The van der Waals surface area contributed by atoms with E-state index < -0.39 is 17.7 Å². The number of anilines is 1. The highest BCUT2D eigenvalue weighted by molar-refractivity contribution is 6.52. The Morgan fingerprint density at radius 3 is 2.33 bits per heavy atom. The monoisotopic (exact) mass is 502 g/mol. The molecule has 0 bridgehead atoms. The number of rotatable bonds is 5. The van der Waals surface area contributed by atoms with Crippen LogP contribution in [0, 0.1) is 6.92 Å². The molecular formula is C28H23ClN2O5. The summed E-state index contributed by atoms with van der Waals surface area (Å²) in [5.74, 6) is -0.876. The molecule has 5 rings (SSSR count). The second-order valence-electron chi connectivity index (χ2n) is 8.42. The van der Waals surface area contributed by atoms with Crippen LogP contribution < -0.4 is 14.4 Å². The van der Waals surface area contributed by atoms with Crippen LogP contribution in [0.3, 0.4) is 0 Å². The second-order valence-corrected chi connectivity index (χ2v) is 8.83. The van der Waals surface area contributed by atoms with Gasteiger partial charge >= 0.3 is 0 Å². The van der Waals surface area contributed by atoms with Crippen molar-refractivity contribution in [3.05, 3.63) is 94.1 Å². The maximum Gasteiger partial charge on any atom is 0.300 e. The van der Waals surface area contributed by atoms with Gasteiger partial charge in [0.1, 0.15) is 17.3 Å². The number of aliphatic hydroxyl groups is 1. The Labute approximate surface area is 212 Å². The highest BCUT2D eigenvalue weighted by Gasteiger charge is 2.48. The molecule has 4 aromatic rings. The van der Waals surface area contributed by atoms with E-state index in [0.29, 0.717) is 22.7 Å². The molecule has 7 nitrogen and oxygen atoms in total.